The number of aliphatic hydroxyl groups is 1. The highest BCUT2D eigenvalue weighted by atomic mass is 35.5. The molecule has 0 radical (unpaired) electrons. The summed E-state index contributed by atoms with van der Waals surface area (Å²) in [6.07, 6.45) is 5.50. The third kappa shape index (κ3) is 3.97. The van der Waals surface area contributed by atoms with Crippen LogP contribution in [0.2, 0.25) is 0 Å². The van der Waals surface area contributed by atoms with Crippen LogP contribution in [0.25, 0.3) is 0 Å². The lowest BCUT2D eigenvalue weighted by Crippen LogP contribution is -2.34. The van der Waals surface area contributed by atoms with E-state index in [0.29, 0.717) is 12.2 Å². The van der Waals surface area contributed by atoms with Crippen LogP contribution in [0.4, 0.5) is 0 Å². The maximum atomic E-state index is 12.2. The van der Waals surface area contributed by atoms with Crippen molar-refractivity contribution in [2.75, 3.05) is 19.7 Å². The average Bonchev–Trinajstić information content (AvgIpc) is 2.51. The summed E-state index contributed by atoms with van der Waals surface area (Å²) in [7, 11) is 0. The van der Waals surface area contributed by atoms with E-state index in [1.165, 1.54) is 18.2 Å². The van der Waals surface area contributed by atoms with Gasteiger partial charge < -0.3 is 15.3 Å². The average molecular weight is 337 g/mol. The maximum absolute atomic E-state index is 12.2. The van der Waals surface area contributed by atoms with Gasteiger partial charge in [0.15, 0.2) is 5.78 Å². The van der Waals surface area contributed by atoms with Gasteiger partial charge in [-0.15, -0.1) is 0 Å². The first-order valence-electron chi connectivity index (χ1n) is 7.21. The molecule has 122 valence electrons. The molecule has 0 heterocycles. The van der Waals surface area contributed by atoms with Crippen molar-refractivity contribution in [1.29, 1.82) is 0 Å². The quantitative estimate of drug-likeness (QED) is 0.697. The van der Waals surface area contributed by atoms with Crippen molar-refractivity contribution in [3.63, 3.8) is 0 Å². The van der Waals surface area contributed by atoms with Crippen LogP contribution in [0, 0.1) is 0 Å². The molecule has 0 saturated heterocycles. The van der Waals surface area contributed by atoms with Crippen LogP contribution < -0.4 is 5.32 Å². The molecule has 0 atom stereocenters. The number of halogens is 1. The largest absolute Gasteiger partial charge is 0.395 e. The zero-order valence-corrected chi connectivity index (χ0v) is 13.4. The molecular weight excluding hydrogens is 320 g/mol. The number of likely N-dealkylation sites (N-methyl/N-ethyl adjacent to an activating group) is 1. The molecule has 0 aromatic rings. The lowest BCUT2D eigenvalue weighted by molar-refractivity contribution is -0.116. The first-order valence-corrected chi connectivity index (χ1v) is 7.59. The minimum absolute atomic E-state index is 0.103. The van der Waals surface area contributed by atoms with Crippen LogP contribution in [-0.2, 0) is 14.4 Å². The number of nitrogens with zero attached hydrogens (tertiary/aromatic N) is 1. The minimum Gasteiger partial charge on any atom is -0.395 e. The molecule has 2 N–H and O–H groups in total. The van der Waals surface area contributed by atoms with Crippen molar-refractivity contribution in [2.45, 2.75) is 13.3 Å². The predicted octanol–water partition coefficient (Wildman–Crippen LogP) is 0.789. The highest BCUT2D eigenvalue weighted by Gasteiger charge is 2.25. The third-order valence-electron chi connectivity index (χ3n) is 3.48. The summed E-state index contributed by atoms with van der Waals surface area (Å²) in [6.45, 7) is 2.51. The van der Waals surface area contributed by atoms with Gasteiger partial charge in [0.2, 0.25) is 11.6 Å². The van der Waals surface area contributed by atoms with Crippen LogP contribution in [0.15, 0.2) is 46.4 Å². The molecule has 7 heteroatoms. The van der Waals surface area contributed by atoms with Crippen molar-refractivity contribution < 1.29 is 19.5 Å². The van der Waals surface area contributed by atoms with Gasteiger partial charge in [0.1, 0.15) is 0 Å². The van der Waals surface area contributed by atoms with Crippen LogP contribution in [0.3, 0.4) is 0 Å². The van der Waals surface area contributed by atoms with Gasteiger partial charge in [-0.05, 0) is 6.92 Å². The Labute approximate surface area is 138 Å². The molecule has 0 aromatic carbocycles. The van der Waals surface area contributed by atoms with Gasteiger partial charge in [0, 0.05) is 37.7 Å². The SMILES string of the molecule is CCN(CCO)C1=CC(=O)C(NC2=CCC(=O)C=C2Cl)=CC1=O. The Kier molecular flexibility index (Phi) is 5.52. The molecule has 0 amide bonds. The van der Waals surface area contributed by atoms with E-state index in [0.717, 1.165) is 0 Å². The van der Waals surface area contributed by atoms with Gasteiger partial charge in [-0.3, -0.25) is 14.4 Å². The minimum atomic E-state index is -0.363. The normalized spacial score (nSPS) is 18.1. The second-order valence-electron chi connectivity index (χ2n) is 5.02. The zero-order chi connectivity index (χ0) is 17.0. The smallest absolute Gasteiger partial charge is 0.204 e. The number of allylic oxidation sites excluding steroid dienone is 5. The molecule has 6 nitrogen and oxygen atoms in total. The van der Waals surface area contributed by atoms with Crippen molar-refractivity contribution in [2.24, 2.45) is 0 Å². The van der Waals surface area contributed by atoms with Crippen LogP contribution in [0.5, 0.6) is 0 Å². The Bertz CT molecular complexity index is 674. The van der Waals surface area contributed by atoms with E-state index in [1.807, 2.05) is 6.92 Å². The number of hydrogen-bond acceptors (Lipinski definition) is 6. The lowest BCUT2D eigenvalue weighted by Gasteiger charge is -2.26. The van der Waals surface area contributed by atoms with E-state index in [-0.39, 0.29) is 53.3 Å². The molecule has 0 unspecified atom stereocenters. The van der Waals surface area contributed by atoms with Crippen LogP contribution in [0.1, 0.15) is 13.3 Å². The Morgan fingerprint density at radius 1 is 1.17 bits per heavy atom. The molecule has 0 fully saturated rings. The molecule has 23 heavy (non-hydrogen) atoms. The van der Waals surface area contributed by atoms with Gasteiger partial charge in [-0.2, -0.15) is 0 Å². The van der Waals surface area contributed by atoms with Crippen molar-refractivity contribution in [1.82, 2.24) is 10.2 Å². The molecule has 0 saturated carbocycles. The predicted molar refractivity (Wildman–Crippen MR) is 85.3 cm³/mol. The number of nitrogens with one attached hydrogen (secondary N) is 1. The summed E-state index contributed by atoms with van der Waals surface area (Å²) < 4.78 is 0. The Hall–Kier alpha value is -2.18. The lowest BCUT2D eigenvalue weighted by atomic mass is 10.0. The Balaban J connectivity index is 2.16. The molecule has 0 bridgehead atoms. The summed E-state index contributed by atoms with van der Waals surface area (Å²) in [5.41, 5.74) is 0.788. The monoisotopic (exact) mass is 336 g/mol. The second kappa shape index (κ2) is 7.39. The topological polar surface area (TPSA) is 86.7 Å². The number of hydrogen-bond donors (Lipinski definition) is 2. The molecular formula is C16H17ClN2O4. The first-order chi connectivity index (χ1) is 11.0. The molecule has 2 aliphatic rings. The summed E-state index contributed by atoms with van der Waals surface area (Å²) in [6, 6.07) is 0. The number of carbonyl (C=O) groups is 3. The Morgan fingerprint density at radius 2 is 1.91 bits per heavy atom. The first kappa shape index (κ1) is 17.2. The van der Waals surface area contributed by atoms with E-state index in [1.54, 1.807) is 11.0 Å². The molecule has 2 aliphatic carbocycles. The van der Waals surface area contributed by atoms with Gasteiger partial charge in [0.25, 0.3) is 0 Å². The van der Waals surface area contributed by atoms with E-state index >= 15 is 0 Å². The standard InChI is InChI=1S/C16H17ClN2O4/c1-2-19(5-6-20)14-9-15(22)13(8-16(14)23)18-12-4-3-10(21)7-11(12)17/h4,7-9,18,20H,2-3,5-6H2,1H3. The maximum Gasteiger partial charge on any atom is 0.204 e. The van der Waals surface area contributed by atoms with Crippen LogP contribution >= 0.6 is 11.6 Å². The highest BCUT2D eigenvalue weighted by Crippen LogP contribution is 2.21. The van der Waals surface area contributed by atoms with Crippen molar-refractivity contribution in [3.05, 3.63) is 46.4 Å². The van der Waals surface area contributed by atoms with Gasteiger partial charge >= 0.3 is 0 Å². The summed E-state index contributed by atoms with van der Waals surface area (Å²) >= 11 is 5.96. The molecule has 0 aliphatic heterocycles. The number of aliphatic hydroxyl groups excluding tert-OH is 1. The fourth-order valence-corrected chi connectivity index (χ4v) is 2.54. The summed E-state index contributed by atoms with van der Waals surface area (Å²) in [4.78, 5) is 37.3. The molecule has 2 rings (SSSR count). The summed E-state index contributed by atoms with van der Waals surface area (Å²) in [5, 5.41) is 12.0. The molecule has 0 aromatic heterocycles. The van der Waals surface area contributed by atoms with Gasteiger partial charge in [0.05, 0.1) is 28.7 Å². The highest BCUT2D eigenvalue weighted by molar-refractivity contribution is 6.34. The van der Waals surface area contributed by atoms with E-state index < -0.39 is 0 Å². The third-order valence-corrected chi connectivity index (χ3v) is 3.79. The van der Waals surface area contributed by atoms with Crippen molar-refractivity contribution in [3.8, 4) is 0 Å². The number of carbonyl (C=O) groups excluding carboxylic acids is 3. The van der Waals surface area contributed by atoms with Gasteiger partial charge in [-0.1, -0.05) is 17.7 Å². The van der Waals surface area contributed by atoms with E-state index in [2.05, 4.69) is 5.32 Å². The number of rotatable bonds is 6. The number of ketones is 3. The fraction of sp³-hybridized carbons (Fsp3) is 0.312. The van der Waals surface area contributed by atoms with Crippen LogP contribution in [-0.4, -0.2) is 47.1 Å². The van der Waals surface area contributed by atoms with E-state index in [9.17, 15) is 14.4 Å². The van der Waals surface area contributed by atoms with E-state index in [4.69, 9.17) is 16.7 Å². The molecule has 0 spiro atoms. The summed E-state index contributed by atoms with van der Waals surface area (Å²) in [5.74, 6) is -0.807. The van der Waals surface area contributed by atoms with Crippen molar-refractivity contribution >= 4 is 29.0 Å². The fourth-order valence-electron chi connectivity index (χ4n) is 2.30. The van der Waals surface area contributed by atoms with Gasteiger partial charge in [-0.25, -0.2) is 0 Å². The Morgan fingerprint density at radius 3 is 2.52 bits per heavy atom. The second-order valence-corrected chi connectivity index (χ2v) is 5.43. The zero-order valence-electron chi connectivity index (χ0n) is 12.6.